The lowest BCUT2D eigenvalue weighted by molar-refractivity contribution is -0.111. The lowest BCUT2D eigenvalue weighted by Crippen LogP contribution is -2.32. The zero-order chi connectivity index (χ0) is 19.5. The van der Waals surface area contributed by atoms with Crippen molar-refractivity contribution in [1.29, 1.82) is 0 Å². The summed E-state index contributed by atoms with van der Waals surface area (Å²) in [7, 11) is 0. The molecule has 1 aliphatic rings. The third-order valence-electron chi connectivity index (χ3n) is 5.36. The Morgan fingerprint density at radius 3 is 2.82 bits per heavy atom. The number of aromatic nitrogens is 1. The standard InChI is InChI=1S/C24H27N3O/c1-17(2)13-24(28)26-21-7-8-23-22(14-21)19(15-25-23)10-12-27-11-9-18-5-3-4-6-20(18)16-27/h3-8,13-15,25H,9-12,16H2,1-2H3,(H,26,28). The van der Waals surface area contributed by atoms with Gasteiger partial charge in [-0.3, -0.25) is 9.69 Å². The number of amides is 1. The SMILES string of the molecule is CC(C)=CC(=O)Nc1ccc2[nH]cc(CCN3CCc4ccccc4C3)c2c1. The Bertz CT molecular complexity index is 1030. The van der Waals surface area contributed by atoms with Crippen molar-refractivity contribution >= 4 is 22.5 Å². The van der Waals surface area contributed by atoms with E-state index in [1.165, 1.54) is 22.1 Å². The van der Waals surface area contributed by atoms with Crippen LogP contribution in [0.15, 0.2) is 60.3 Å². The van der Waals surface area contributed by atoms with Crippen LogP contribution in [0.2, 0.25) is 0 Å². The second-order valence-electron chi connectivity index (χ2n) is 7.83. The molecule has 0 radical (unpaired) electrons. The van der Waals surface area contributed by atoms with Crippen molar-refractivity contribution in [2.75, 3.05) is 18.4 Å². The predicted molar refractivity (Wildman–Crippen MR) is 115 cm³/mol. The van der Waals surface area contributed by atoms with Crippen LogP contribution >= 0.6 is 0 Å². The minimum absolute atomic E-state index is 0.0802. The summed E-state index contributed by atoms with van der Waals surface area (Å²) in [6.45, 7) is 7.03. The van der Waals surface area contributed by atoms with E-state index >= 15 is 0 Å². The molecule has 2 heterocycles. The van der Waals surface area contributed by atoms with Gasteiger partial charge in [0.25, 0.3) is 0 Å². The second kappa shape index (κ2) is 8.03. The highest BCUT2D eigenvalue weighted by molar-refractivity contribution is 6.01. The van der Waals surface area contributed by atoms with Gasteiger partial charge < -0.3 is 10.3 Å². The van der Waals surface area contributed by atoms with Crippen molar-refractivity contribution in [1.82, 2.24) is 9.88 Å². The lowest BCUT2D eigenvalue weighted by atomic mass is 9.99. The quantitative estimate of drug-likeness (QED) is 0.638. The molecule has 1 amide bonds. The summed E-state index contributed by atoms with van der Waals surface area (Å²) in [5, 5.41) is 4.15. The molecule has 0 fully saturated rings. The summed E-state index contributed by atoms with van der Waals surface area (Å²) < 4.78 is 0. The third kappa shape index (κ3) is 4.18. The summed E-state index contributed by atoms with van der Waals surface area (Å²) in [5.41, 5.74) is 7.18. The van der Waals surface area contributed by atoms with Crippen LogP contribution in [-0.2, 0) is 24.2 Å². The van der Waals surface area contributed by atoms with E-state index in [4.69, 9.17) is 0 Å². The minimum atomic E-state index is -0.0802. The van der Waals surface area contributed by atoms with Crippen molar-refractivity contribution in [3.05, 3.63) is 77.0 Å². The summed E-state index contributed by atoms with van der Waals surface area (Å²) in [6, 6.07) is 14.8. The van der Waals surface area contributed by atoms with Crippen molar-refractivity contribution < 1.29 is 4.79 Å². The van der Waals surface area contributed by atoms with E-state index in [0.717, 1.165) is 49.3 Å². The molecule has 2 N–H and O–H groups in total. The highest BCUT2D eigenvalue weighted by Gasteiger charge is 2.16. The number of hydrogen-bond donors (Lipinski definition) is 2. The van der Waals surface area contributed by atoms with Crippen LogP contribution in [0.25, 0.3) is 10.9 Å². The van der Waals surface area contributed by atoms with Crippen molar-refractivity contribution in [3.63, 3.8) is 0 Å². The molecule has 4 heteroatoms. The molecular formula is C24H27N3O. The molecule has 1 aliphatic heterocycles. The third-order valence-corrected chi connectivity index (χ3v) is 5.36. The molecule has 0 saturated heterocycles. The molecule has 28 heavy (non-hydrogen) atoms. The topological polar surface area (TPSA) is 48.1 Å². The van der Waals surface area contributed by atoms with Gasteiger partial charge >= 0.3 is 0 Å². The average Bonchev–Trinajstić information content (AvgIpc) is 3.08. The summed E-state index contributed by atoms with van der Waals surface area (Å²) in [6.07, 6.45) is 5.85. The van der Waals surface area contributed by atoms with Gasteiger partial charge in [-0.25, -0.2) is 0 Å². The zero-order valence-corrected chi connectivity index (χ0v) is 16.6. The number of rotatable bonds is 5. The van der Waals surface area contributed by atoms with Gasteiger partial charge in [0.15, 0.2) is 0 Å². The average molecular weight is 374 g/mol. The number of benzene rings is 2. The van der Waals surface area contributed by atoms with Gasteiger partial charge in [0.1, 0.15) is 0 Å². The van der Waals surface area contributed by atoms with Gasteiger partial charge in [-0.1, -0.05) is 29.8 Å². The fourth-order valence-electron chi connectivity index (χ4n) is 3.93. The van der Waals surface area contributed by atoms with Crippen LogP contribution in [0.5, 0.6) is 0 Å². The van der Waals surface area contributed by atoms with Gasteiger partial charge in [0, 0.05) is 48.5 Å². The van der Waals surface area contributed by atoms with E-state index in [0.29, 0.717) is 0 Å². The first kappa shape index (κ1) is 18.5. The number of carbonyl (C=O) groups excluding carboxylic acids is 1. The van der Waals surface area contributed by atoms with Crippen LogP contribution in [-0.4, -0.2) is 28.9 Å². The minimum Gasteiger partial charge on any atom is -0.361 e. The first-order valence-electron chi connectivity index (χ1n) is 9.93. The highest BCUT2D eigenvalue weighted by atomic mass is 16.1. The van der Waals surface area contributed by atoms with Crippen LogP contribution in [0.1, 0.15) is 30.5 Å². The van der Waals surface area contributed by atoms with E-state index in [1.807, 2.05) is 26.0 Å². The molecule has 1 aromatic heterocycles. The smallest absolute Gasteiger partial charge is 0.248 e. The Kier molecular flexibility index (Phi) is 5.31. The van der Waals surface area contributed by atoms with E-state index in [-0.39, 0.29) is 5.91 Å². The number of H-pyrrole nitrogens is 1. The van der Waals surface area contributed by atoms with Crippen LogP contribution in [0.4, 0.5) is 5.69 Å². The Morgan fingerprint density at radius 1 is 1.18 bits per heavy atom. The van der Waals surface area contributed by atoms with Crippen LogP contribution in [0.3, 0.4) is 0 Å². The van der Waals surface area contributed by atoms with Gasteiger partial charge in [-0.2, -0.15) is 0 Å². The molecule has 0 saturated carbocycles. The molecule has 144 valence electrons. The Labute approximate surface area is 166 Å². The highest BCUT2D eigenvalue weighted by Crippen LogP contribution is 2.24. The van der Waals surface area contributed by atoms with Gasteiger partial charge in [-0.15, -0.1) is 0 Å². The molecular weight excluding hydrogens is 346 g/mol. The number of allylic oxidation sites excluding steroid dienone is 1. The number of nitrogens with one attached hydrogen (secondary N) is 2. The number of carbonyl (C=O) groups is 1. The molecule has 0 atom stereocenters. The number of anilines is 1. The Balaban J connectivity index is 1.45. The van der Waals surface area contributed by atoms with Gasteiger partial charge in [0.05, 0.1) is 0 Å². The first-order chi connectivity index (χ1) is 13.6. The van der Waals surface area contributed by atoms with Crippen molar-refractivity contribution in [3.8, 4) is 0 Å². The molecule has 4 rings (SSSR count). The molecule has 0 spiro atoms. The number of fused-ring (bicyclic) bond motifs is 2. The molecule has 3 aromatic rings. The maximum absolute atomic E-state index is 12.0. The van der Waals surface area contributed by atoms with Crippen LogP contribution in [0, 0.1) is 0 Å². The fourth-order valence-corrected chi connectivity index (χ4v) is 3.93. The molecule has 0 aliphatic carbocycles. The molecule has 0 bridgehead atoms. The van der Waals surface area contributed by atoms with Gasteiger partial charge in [0.2, 0.25) is 5.91 Å². The maximum atomic E-state index is 12.0. The number of hydrogen-bond acceptors (Lipinski definition) is 2. The fraction of sp³-hybridized carbons (Fsp3) is 0.292. The number of aromatic amines is 1. The number of nitrogens with zero attached hydrogens (tertiary/aromatic N) is 1. The second-order valence-corrected chi connectivity index (χ2v) is 7.83. The normalized spacial score (nSPS) is 13.9. The summed E-state index contributed by atoms with van der Waals surface area (Å²) in [4.78, 5) is 17.9. The Morgan fingerprint density at radius 2 is 2.00 bits per heavy atom. The maximum Gasteiger partial charge on any atom is 0.248 e. The summed E-state index contributed by atoms with van der Waals surface area (Å²) >= 11 is 0. The van der Waals surface area contributed by atoms with Crippen LogP contribution < -0.4 is 5.32 Å². The van der Waals surface area contributed by atoms with E-state index in [2.05, 4.69) is 51.7 Å². The largest absolute Gasteiger partial charge is 0.361 e. The molecule has 4 nitrogen and oxygen atoms in total. The zero-order valence-electron chi connectivity index (χ0n) is 16.6. The van der Waals surface area contributed by atoms with Crippen molar-refractivity contribution in [2.45, 2.75) is 33.2 Å². The molecule has 0 unspecified atom stereocenters. The van der Waals surface area contributed by atoms with Gasteiger partial charge in [-0.05, 0) is 61.6 Å². The van der Waals surface area contributed by atoms with E-state index < -0.39 is 0 Å². The monoisotopic (exact) mass is 373 g/mol. The molecule has 2 aromatic carbocycles. The lowest BCUT2D eigenvalue weighted by Gasteiger charge is -2.28. The van der Waals surface area contributed by atoms with Crippen molar-refractivity contribution in [2.24, 2.45) is 0 Å². The predicted octanol–water partition coefficient (Wildman–Crippen LogP) is 4.67. The Hall–Kier alpha value is -2.85. The summed E-state index contributed by atoms with van der Waals surface area (Å²) in [5.74, 6) is -0.0802. The van der Waals surface area contributed by atoms with E-state index in [9.17, 15) is 4.79 Å². The first-order valence-corrected chi connectivity index (χ1v) is 9.93. The van der Waals surface area contributed by atoms with E-state index in [1.54, 1.807) is 6.08 Å².